The van der Waals surface area contributed by atoms with E-state index in [9.17, 15) is 14.9 Å². The Hall–Kier alpha value is -3.22. The summed E-state index contributed by atoms with van der Waals surface area (Å²) in [7, 11) is 1.79. The Morgan fingerprint density at radius 3 is 2.77 bits per heavy atom. The van der Waals surface area contributed by atoms with Crippen molar-refractivity contribution in [3.63, 3.8) is 0 Å². The van der Waals surface area contributed by atoms with Crippen LogP contribution in [-0.4, -0.2) is 36.1 Å². The number of ketones is 1. The molecule has 7 nitrogen and oxygen atoms in total. The summed E-state index contributed by atoms with van der Waals surface area (Å²) in [6, 6.07) is 16.9. The van der Waals surface area contributed by atoms with E-state index < -0.39 is 18.4 Å². The second kappa shape index (κ2) is 8.65. The van der Waals surface area contributed by atoms with Gasteiger partial charge in [-0.3, -0.25) is 9.59 Å². The van der Waals surface area contributed by atoms with Crippen LogP contribution in [0.1, 0.15) is 0 Å². The predicted molar refractivity (Wildman–Crippen MR) is 114 cm³/mol. The number of hydrogen-bond donors (Lipinski definition) is 0. The first-order valence-electron chi connectivity index (χ1n) is 8.89. The number of rotatable bonds is 6. The molecule has 0 unspecified atom stereocenters. The Bertz CT molecular complexity index is 1180. The third-order valence-electron chi connectivity index (χ3n) is 4.29. The molecule has 0 fully saturated rings. The zero-order valence-electron chi connectivity index (χ0n) is 15.8. The van der Waals surface area contributed by atoms with Crippen molar-refractivity contribution in [3.05, 3.63) is 59.1 Å². The number of thioether (sulfide) groups is 2. The smallest absolute Gasteiger partial charge is 0.316 e. The molecule has 0 saturated carbocycles. The average Bonchev–Trinajstić information content (AvgIpc) is 3.32. The molecule has 0 amide bonds. The van der Waals surface area contributed by atoms with Crippen molar-refractivity contribution in [3.8, 4) is 6.07 Å². The fraction of sp³-hybridized carbons (Fsp3) is 0.143. The number of anilines is 1. The Balaban J connectivity index is 1.35. The predicted octanol–water partition coefficient (Wildman–Crippen LogP) is 4.01. The maximum atomic E-state index is 12.5. The van der Waals surface area contributed by atoms with Gasteiger partial charge in [0, 0.05) is 11.9 Å². The van der Waals surface area contributed by atoms with Gasteiger partial charge in [-0.1, -0.05) is 47.8 Å². The van der Waals surface area contributed by atoms with Gasteiger partial charge in [-0.15, -0.1) is 0 Å². The van der Waals surface area contributed by atoms with Crippen LogP contribution in [0.15, 0.2) is 73.7 Å². The molecule has 4 rings (SSSR count). The highest BCUT2D eigenvalue weighted by molar-refractivity contribution is 8.03. The number of nitrogens with zero attached hydrogens (tertiary/aromatic N) is 3. The number of para-hydroxylation sites is 3. The van der Waals surface area contributed by atoms with Gasteiger partial charge in [-0.05, 0) is 24.3 Å². The maximum absolute atomic E-state index is 12.5. The monoisotopic (exact) mass is 437 g/mol. The topological polar surface area (TPSA) is 96.4 Å². The lowest BCUT2D eigenvalue weighted by Gasteiger charge is -2.14. The normalized spacial score (nSPS) is 14.3. The standard InChI is InChI=1S/C21H15N3O4S2/c1-24-15-7-3-5-9-18(15)30-20(24)13(10-22)16(25)11-27-19(26)12-29-21-23-14-6-2-4-8-17(14)28-21/h2-9H,11-12H2,1H3/b20-13-. The molecule has 0 N–H and O–H groups in total. The first-order valence-corrected chi connectivity index (χ1v) is 10.7. The van der Waals surface area contributed by atoms with Crippen molar-refractivity contribution in [2.45, 2.75) is 10.1 Å². The van der Waals surface area contributed by atoms with Crippen molar-refractivity contribution in [2.24, 2.45) is 0 Å². The van der Waals surface area contributed by atoms with E-state index in [1.54, 1.807) is 18.0 Å². The summed E-state index contributed by atoms with van der Waals surface area (Å²) in [5.74, 6) is -1.19. The molecule has 0 atom stereocenters. The van der Waals surface area contributed by atoms with Gasteiger partial charge in [0.15, 0.2) is 12.2 Å². The maximum Gasteiger partial charge on any atom is 0.316 e. The van der Waals surface area contributed by atoms with Crippen molar-refractivity contribution in [1.29, 1.82) is 5.26 Å². The number of fused-ring (bicyclic) bond motifs is 2. The van der Waals surface area contributed by atoms with E-state index in [2.05, 4.69) is 4.98 Å². The summed E-state index contributed by atoms with van der Waals surface area (Å²) in [4.78, 5) is 31.6. The van der Waals surface area contributed by atoms with E-state index in [1.165, 1.54) is 11.8 Å². The summed E-state index contributed by atoms with van der Waals surface area (Å²) in [5, 5.41) is 10.4. The number of carbonyl (C=O) groups is 2. The largest absolute Gasteiger partial charge is 0.457 e. The van der Waals surface area contributed by atoms with Gasteiger partial charge in [0.1, 0.15) is 27.9 Å². The number of Topliss-reactive ketones (excluding diaryl/α,β-unsaturated/α-hetero) is 1. The highest BCUT2D eigenvalue weighted by atomic mass is 32.2. The highest BCUT2D eigenvalue weighted by Crippen LogP contribution is 2.46. The van der Waals surface area contributed by atoms with Crippen LogP contribution < -0.4 is 4.90 Å². The Morgan fingerprint density at radius 2 is 2.00 bits per heavy atom. The molecule has 3 aromatic rings. The minimum atomic E-state index is -0.589. The number of oxazole rings is 1. The number of benzene rings is 2. The van der Waals surface area contributed by atoms with Gasteiger partial charge in [-0.25, -0.2) is 4.98 Å². The molecule has 0 spiro atoms. The van der Waals surface area contributed by atoms with E-state index in [1.807, 2.05) is 48.5 Å². The van der Waals surface area contributed by atoms with Crippen LogP contribution in [0.4, 0.5) is 5.69 Å². The first-order chi connectivity index (χ1) is 14.6. The number of ether oxygens (including phenoxy) is 1. The van der Waals surface area contributed by atoms with Crippen LogP contribution >= 0.6 is 23.5 Å². The average molecular weight is 438 g/mol. The summed E-state index contributed by atoms with van der Waals surface area (Å²) >= 11 is 2.43. The minimum Gasteiger partial charge on any atom is -0.457 e. The lowest BCUT2D eigenvalue weighted by atomic mass is 10.2. The Morgan fingerprint density at radius 1 is 1.23 bits per heavy atom. The molecular formula is C21H15N3O4S2. The van der Waals surface area contributed by atoms with E-state index in [0.717, 1.165) is 22.3 Å². The van der Waals surface area contributed by atoms with Crippen LogP contribution in [0.3, 0.4) is 0 Å². The molecule has 0 radical (unpaired) electrons. The third kappa shape index (κ3) is 4.06. The second-order valence-electron chi connectivity index (χ2n) is 6.24. The SMILES string of the molecule is CN1/C(=C(\C#N)C(=O)COC(=O)CSc2nc3ccccc3o2)Sc2ccccc21. The first kappa shape index (κ1) is 20.1. The summed E-state index contributed by atoms with van der Waals surface area (Å²) in [6.45, 7) is -0.496. The number of aromatic nitrogens is 1. The van der Waals surface area contributed by atoms with Gasteiger partial charge in [0.25, 0.3) is 5.22 Å². The minimum absolute atomic E-state index is 0.0295. The molecule has 0 saturated heterocycles. The molecule has 30 heavy (non-hydrogen) atoms. The molecule has 0 bridgehead atoms. The Kier molecular flexibility index (Phi) is 5.79. The fourth-order valence-corrected chi connectivity index (χ4v) is 4.64. The lowest BCUT2D eigenvalue weighted by molar-refractivity contribution is -0.144. The van der Waals surface area contributed by atoms with Crippen LogP contribution in [0.25, 0.3) is 11.1 Å². The van der Waals surface area contributed by atoms with Crippen molar-refractivity contribution < 1.29 is 18.7 Å². The van der Waals surface area contributed by atoms with Crippen molar-refractivity contribution in [2.75, 3.05) is 24.3 Å². The van der Waals surface area contributed by atoms with Gasteiger partial charge in [0.2, 0.25) is 5.78 Å². The second-order valence-corrected chi connectivity index (χ2v) is 8.20. The quantitative estimate of drug-likeness (QED) is 0.245. The molecule has 1 aliphatic rings. The number of hydrogen-bond acceptors (Lipinski definition) is 9. The van der Waals surface area contributed by atoms with Gasteiger partial charge >= 0.3 is 5.97 Å². The van der Waals surface area contributed by atoms with Gasteiger partial charge in [0.05, 0.1) is 5.69 Å². The fourth-order valence-electron chi connectivity index (χ4n) is 2.84. The van der Waals surface area contributed by atoms with Crippen LogP contribution in [0.2, 0.25) is 0 Å². The molecule has 1 aliphatic heterocycles. The number of nitriles is 1. The van der Waals surface area contributed by atoms with Crippen LogP contribution in [0, 0.1) is 11.3 Å². The molecule has 9 heteroatoms. The summed E-state index contributed by atoms with van der Waals surface area (Å²) < 4.78 is 10.6. The van der Waals surface area contributed by atoms with E-state index in [-0.39, 0.29) is 11.3 Å². The Labute approximate surface area is 180 Å². The van der Waals surface area contributed by atoms with E-state index in [0.29, 0.717) is 21.4 Å². The highest BCUT2D eigenvalue weighted by Gasteiger charge is 2.28. The molecule has 150 valence electrons. The van der Waals surface area contributed by atoms with Crippen LogP contribution in [0.5, 0.6) is 0 Å². The zero-order chi connectivity index (χ0) is 21.1. The third-order valence-corrected chi connectivity index (χ3v) is 6.33. The van der Waals surface area contributed by atoms with E-state index in [4.69, 9.17) is 9.15 Å². The summed E-state index contributed by atoms with van der Waals surface area (Å²) in [5.41, 5.74) is 2.23. The van der Waals surface area contributed by atoms with Crippen molar-refractivity contribution >= 4 is 52.1 Å². The van der Waals surface area contributed by atoms with Gasteiger partial charge in [-0.2, -0.15) is 5.26 Å². The molecule has 0 aliphatic carbocycles. The molecule has 2 aromatic carbocycles. The molecule has 1 aromatic heterocycles. The van der Waals surface area contributed by atoms with Crippen LogP contribution in [-0.2, 0) is 14.3 Å². The van der Waals surface area contributed by atoms with Crippen molar-refractivity contribution in [1.82, 2.24) is 4.98 Å². The number of carbonyl (C=O) groups excluding carboxylic acids is 2. The zero-order valence-corrected chi connectivity index (χ0v) is 17.5. The van der Waals surface area contributed by atoms with Gasteiger partial charge < -0.3 is 14.1 Å². The number of esters is 1. The molecular weight excluding hydrogens is 422 g/mol. The molecule has 2 heterocycles. The van der Waals surface area contributed by atoms with E-state index >= 15 is 0 Å². The summed E-state index contributed by atoms with van der Waals surface area (Å²) in [6.07, 6.45) is 0. The lowest BCUT2D eigenvalue weighted by Crippen LogP contribution is -2.20.